The van der Waals surface area contributed by atoms with Crippen molar-refractivity contribution in [3.8, 4) is 0 Å². The molecular weight excluding hydrogens is 224 g/mol. The van der Waals surface area contributed by atoms with Crippen LogP contribution >= 0.6 is 0 Å². The molecule has 1 N–H and O–H groups in total. The summed E-state index contributed by atoms with van der Waals surface area (Å²) in [6.45, 7) is 1.99. The minimum absolute atomic E-state index is 0.284. The molecule has 0 saturated carbocycles. The molecule has 1 amide bonds. The van der Waals surface area contributed by atoms with Crippen LogP contribution in [0.1, 0.15) is 31.2 Å². The summed E-state index contributed by atoms with van der Waals surface area (Å²) in [5.74, 6) is 0.284. The number of hydrogen-bond donors (Lipinski definition) is 1. The highest BCUT2D eigenvalue weighted by atomic mass is 16.2. The molecule has 3 nitrogen and oxygen atoms in total. The number of aryl methyl sites for hydroxylation is 1. The molecule has 0 radical (unpaired) electrons. The smallest absolute Gasteiger partial charge is 0.227 e. The van der Waals surface area contributed by atoms with Crippen molar-refractivity contribution in [3.63, 3.8) is 0 Å². The summed E-state index contributed by atoms with van der Waals surface area (Å²) in [5.41, 5.74) is 2.45. The summed E-state index contributed by atoms with van der Waals surface area (Å²) >= 11 is 0. The zero-order valence-electron chi connectivity index (χ0n) is 10.7. The van der Waals surface area contributed by atoms with Crippen molar-refractivity contribution in [2.45, 2.75) is 38.1 Å². The molecule has 0 bridgehead atoms. The van der Waals surface area contributed by atoms with Crippen molar-refractivity contribution in [2.75, 3.05) is 18.0 Å². The standard InChI is InChI=1S/C15H20N2O/c18-15-8-7-12-4-1-2-6-14(12)17(15)11-9-13-5-3-10-16-13/h1-2,4,6,13,16H,3,5,7-11H2. The second-order valence-corrected chi connectivity index (χ2v) is 5.26. The summed E-state index contributed by atoms with van der Waals surface area (Å²) in [4.78, 5) is 14.1. The van der Waals surface area contributed by atoms with Crippen molar-refractivity contribution in [2.24, 2.45) is 0 Å². The third-order valence-corrected chi connectivity index (χ3v) is 4.06. The SMILES string of the molecule is O=C1CCc2ccccc2N1CCC1CCCN1. The van der Waals surface area contributed by atoms with Gasteiger partial charge in [0.15, 0.2) is 0 Å². The topological polar surface area (TPSA) is 32.3 Å². The van der Waals surface area contributed by atoms with Crippen molar-refractivity contribution in [1.82, 2.24) is 5.32 Å². The summed E-state index contributed by atoms with van der Waals surface area (Å²) in [7, 11) is 0. The highest BCUT2D eigenvalue weighted by Gasteiger charge is 2.24. The fraction of sp³-hybridized carbons (Fsp3) is 0.533. The molecule has 2 aliphatic heterocycles. The Hall–Kier alpha value is -1.35. The van der Waals surface area contributed by atoms with Gasteiger partial charge in [-0.05, 0) is 43.9 Å². The van der Waals surface area contributed by atoms with Crippen LogP contribution in [0.3, 0.4) is 0 Å². The molecule has 1 aromatic carbocycles. The first-order valence-corrected chi connectivity index (χ1v) is 6.96. The van der Waals surface area contributed by atoms with Gasteiger partial charge in [0.05, 0.1) is 0 Å². The maximum atomic E-state index is 12.1. The summed E-state index contributed by atoms with van der Waals surface area (Å²) in [6, 6.07) is 8.91. The highest BCUT2D eigenvalue weighted by Crippen LogP contribution is 2.27. The predicted molar refractivity (Wildman–Crippen MR) is 72.8 cm³/mol. The third kappa shape index (κ3) is 2.27. The number of fused-ring (bicyclic) bond motifs is 1. The van der Waals surface area contributed by atoms with Gasteiger partial charge in [0.25, 0.3) is 0 Å². The Morgan fingerprint density at radius 1 is 1.28 bits per heavy atom. The minimum Gasteiger partial charge on any atom is -0.314 e. The summed E-state index contributed by atoms with van der Waals surface area (Å²) < 4.78 is 0. The van der Waals surface area contributed by atoms with Crippen molar-refractivity contribution < 1.29 is 4.79 Å². The lowest BCUT2D eigenvalue weighted by molar-refractivity contribution is -0.118. The molecular formula is C15H20N2O. The fourth-order valence-corrected chi connectivity index (χ4v) is 3.03. The van der Waals surface area contributed by atoms with Crippen LogP contribution in [0.15, 0.2) is 24.3 Å². The molecule has 3 rings (SSSR count). The Morgan fingerprint density at radius 2 is 2.17 bits per heavy atom. The van der Waals surface area contributed by atoms with E-state index in [9.17, 15) is 4.79 Å². The summed E-state index contributed by atoms with van der Waals surface area (Å²) in [6.07, 6.45) is 5.15. The van der Waals surface area contributed by atoms with E-state index in [-0.39, 0.29) is 5.91 Å². The molecule has 0 aliphatic carbocycles. The lowest BCUT2D eigenvalue weighted by atomic mass is 10.0. The fourth-order valence-electron chi connectivity index (χ4n) is 3.03. The van der Waals surface area contributed by atoms with Crippen LogP contribution in [0.4, 0.5) is 5.69 Å². The van der Waals surface area contributed by atoms with E-state index in [0.29, 0.717) is 12.5 Å². The number of carbonyl (C=O) groups excluding carboxylic acids is 1. The van der Waals surface area contributed by atoms with Crippen LogP contribution in [-0.4, -0.2) is 25.0 Å². The molecule has 1 unspecified atom stereocenters. The van der Waals surface area contributed by atoms with Gasteiger partial charge in [-0.25, -0.2) is 0 Å². The molecule has 18 heavy (non-hydrogen) atoms. The van der Waals surface area contributed by atoms with Crippen LogP contribution in [0.2, 0.25) is 0 Å². The molecule has 3 heteroatoms. The number of para-hydroxylation sites is 1. The zero-order chi connectivity index (χ0) is 12.4. The van der Waals surface area contributed by atoms with E-state index in [1.165, 1.54) is 18.4 Å². The minimum atomic E-state index is 0.284. The first-order valence-electron chi connectivity index (χ1n) is 6.96. The Bertz CT molecular complexity index is 438. The van der Waals surface area contributed by atoms with Crippen molar-refractivity contribution in [1.29, 1.82) is 0 Å². The Balaban J connectivity index is 1.71. The van der Waals surface area contributed by atoms with Crippen LogP contribution in [0.25, 0.3) is 0 Å². The number of rotatable bonds is 3. The molecule has 0 aromatic heterocycles. The molecule has 0 spiro atoms. The van der Waals surface area contributed by atoms with Gasteiger partial charge in [-0.3, -0.25) is 4.79 Å². The number of nitrogens with zero attached hydrogens (tertiary/aromatic N) is 1. The number of carbonyl (C=O) groups is 1. The van der Waals surface area contributed by atoms with Gasteiger partial charge in [0.1, 0.15) is 0 Å². The van der Waals surface area contributed by atoms with E-state index in [4.69, 9.17) is 0 Å². The average molecular weight is 244 g/mol. The molecule has 1 fully saturated rings. The van der Waals surface area contributed by atoms with Gasteiger partial charge < -0.3 is 10.2 Å². The quantitative estimate of drug-likeness (QED) is 0.883. The molecule has 2 aliphatic rings. The maximum Gasteiger partial charge on any atom is 0.227 e. The van der Waals surface area contributed by atoms with E-state index in [0.717, 1.165) is 31.6 Å². The molecule has 96 valence electrons. The van der Waals surface area contributed by atoms with Gasteiger partial charge in [-0.2, -0.15) is 0 Å². The van der Waals surface area contributed by atoms with E-state index in [1.807, 2.05) is 11.0 Å². The van der Waals surface area contributed by atoms with Gasteiger partial charge in [0.2, 0.25) is 5.91 Å². The van der Waals surface area contributed by atoms with Gasteiger partial charge in [-0.1, -0.05) is 18.2 Å². The van der Waals surface area contributed by atoms with Gasteiger partial charge >= 0.3 is 0 Å². The van der Waals surface area contributed by atoms with Gasteiger partial charge in [0, 0.05) is 24.7 Å². The van der Waals surface area contributed by atoms with Crippen LogP contribution in [-0.2, 0) is 11.2 Å². The number of anilines is 1. The third-order valence-electron chi connectivity index (χ3n) is 4.06. The first kappa shape index (κ1) is 11.7. The number of nitrogens with one attached hydrogen (secondary N) is 1. The lowest BCUT2D eigenvalue weighted by Gasteiger charge is -2.30. The second kappa shape index (κ2) is 5.11. The molecule has 1 aromatic rings. The molecule has 1 atom stereocenters. The molecule has 2 heterocycles. The predicted octanol–water partition coefficient (Wildman–Crippen LogP) is 2.11. The first-order chi connectivity index (χ1) is 8.84. The molecule has 1 saturated heterocycles. The second-order valence-electron chi connectivity index (χ2n) is 5.26. The Kier molecular flexibility index (Phi) is 3.33. The average Bonchev–Trinajstić information content (AvgIpc) is 2.91. The monoisotopic (exact) mass is 244 g/mol. The van der Waals surface area contributed by atoms with Gasteiger partial charge in [-0.15, -0.1) is 0 Å². The Labute approximate surface area is 108 Å². The zero-order valence-corrected chi connectivity index (χ0v) is 10.7. The number of benzene rings is 1. The van der Waals surface area contributed by atoms with Crippen LogP contribution < -0.4 is 10.2 Å². The largest absolute Gasteiger partial charge is 0.314 e. The van der Waals surface area contributed by atoms with Crippen LogP contribution in [0.5, 0.6) is 0 Å². The van der Waals surface area contributed by atoms with Crippen molar-refractivity contribution in [3.05, 3.63) is 29.8 Å². The van der Waals surface area contributed by atoms with E-state index in [1.54, 1.807) is 0 Å². The number of hydrogen-bond acceptors (Lipinski definition) is 2. The normalized spacial score (nSPS) is 23.2. The summed E-state index contributed by atoms with van der Waals surface area (Å²) in [5, 5.41) is 3.50. The lowest BCUT2D eigenvalue weighted by Crippen LogP contribution is -2.38. The van der Waals surface area contributed by atoms with Crippen LogP contribution in [0, 0.1) is 0 Å². The maximum absolute atomic E-state index is 12.1. The highest BCUT2D eigenvalue weighted by molar-refractivity contribution is 5.96. The van der Waals surface area contributed by atoms with E-state index >= 15 is 0 Å². The van der Waals surface area contributed by atoms with Crippen molar-refractivity contribution >= 4 is 11.6 Å². The van der Waals surface area contributed by atoms with E-state index < -0.39 is 0 Å². The van der Waals surface area contributed by atoms with E-state index in [2.05, 4.69) is 23.5 Å². The number of amides is 1. The Morgan fingerprint density at radius 3 is 3.00 bits per heavy atom.